The van der Waals surface area contributed by atoms with Crippen molar-refractivity contribution in [1.82, 2.24) is 4.98 Å². The van der Waals surface area contributed by atoms with Crippen LogP contribution in [0.5, 0.6) is 0 Å². The molecule has 0 aliphatic carbocycles. The number of aromatic nitrogens is 1. The van der Waals surface area contributed by atoms with Gasteiger partial charge in [0.15, 0.2) is 0 Å². The summed E-state index contributed by atoms with van der Waals surface area (Å²) in [5, 5.41) is 8.82. The Morgan fingerprint density at radius 1 is 1.62 bits per heavy atom. The summed E-state index contributed by atoms with van der Waals surface area (Å²) in [6.45, 7) is -0.336. The maximum atomic E-state index is 12.4. The number of hydrogen-bond donors (Lipinski definition) is 1. The minimum Gasteiger partial charge on any atom is -0.390 e. The van der Waals surface area contributed by atoms with E-state index < -0.39 is 6.43 Å². The second kappa shape index (κ2) is 4.61. The van der Waals surface area contributed by atoms with Crippen molar-refractivity contribution in [2.24, 2.45) is 0 Å². The highest BCUT2D eigenvalue weighted by atomic mass is 127. The Morgan fingerprint density at radius 3 is 2.69 bits per heavy atom. The van der Waals surface area contributed by atoms with E-state index in [1.807, 2.05) is 0 Å². The molecule has 72 valence electrons. The van der Waals surface area contributed by atoms with E-state index in [4.69, 9.17) is 5.11 Å². The van der Waals surface area contributed by atoms with E-state index >= 15 is 0 Å². The van der Waals surface area contributed by atoms with Crippen LogP contribution in [0.1, 0.15) is 17.7 Å². The van der Waals surface area contributed by atoms with E-state index in [1.54, 1.807) is 22.6 Å². The van der Waals surface area contributed by atoms with Gasteiger partial charge in [-0.15, -0.1) is 0 Å². The van der Waals surface area contributed by atoms with Crippen LogP contribution in [0, 0.1) is 3.57 Å². The average molecular weight is 364 g/mol. The van der Waals surface area contributed by atoms with E-state index in [9.17, 15) is 8.78 Å². The molecule has 0 saturated heterocycles. The van der Waals surface area contributed by atoms with Crippen LogP contribution in [0.25, 0.3) is 0 Å². The molecule has 0 unspecified atom stereocenters. The van der Waals surface area contributed by atoms with Crippen LogP contribution in [-0.4, -0.2) is 10.1 Å². The first-order valence-corrected chi connectivity index (χ1v) is 5.17. The van der Waals surface area contributed by atoms with Crippen molar-refractivity contribution in [3.8, 4) is 0 Å². The molecule has 0 bridgehead atoms. The van der Waals surface area contributed by atoms with E-state index in [1.165, 1.54) is 6.07 Å². The molecule has 6 heteroatoms. The van der Waals surface area contributed by atoms with Gasteiger partial charge in [-0.25, -0.2) is 13.8 Å². The zero-order chi connectivity index (χ0) is 10.0. The highest BCUT2D eigenvalue weighted by Gasteiger charge is 2.16. The van der Waals surface area contributed by atoms with Crippen LogP contribution in [0.15, 0.2) is 10.7 Å². The van der Waals surface area contributed by atoms with Gasteiger partial charge in [-0.3, -0.25) is 0 Å². The fourth-order valence-electron chi connectivity index (χ4n) is 0.832. The van der Waals surface area contributed by atoms with E-state index in [0.717, 1.165) is 0 Å². The van der Waals surface area contributed by atoms with Crippen LogP contribution in [0.2, 0.25) is 0 Å². The second-order valence-corrected chi connectivity index (χ2v) is 4.14. The normalized spacial score (nSPS) is 10.9. The third-order valence-corrected chi connectivity index (χ3v) is 3.06. The number of nitrogens with zero attached hydrogens (tertiary/aromatic N) is 1. The SMILES string of the molecule is OCc1nc(Br)cc(C(F)F)c1I. The first-order valence-electron chi connectivity index (χ1n) is 3.30. The van der Waals surface area contributed by atoms with Crippen LogP contribution >= 0.6 is 38.5 Å². The van der Waals surface area contributed by atoms with Gasteiger partial charge < -0.3 is 5.11 Å². The molecule has 1 aromatic heterocycles. The Morgan fingerprint density at radius 2 is 2.23 bits per heavy atom. The Balaban J connectivity index is 3.27. The Kier molecular flexibility index (Phi) is 3.99. The summed E-state index contributed by atoms with van der Waals surface area (Å²) in [4.78, 5) is 3.86. The molecule has 0 radical (unpaired) electrons. The summed E-state index contributed by atoms with van der Waals surface area (Å²) in [6, 6.07) is 1.26. The standard InChI is InChI=1S/C7H5BrF2INO/c8-5-1-3(7(9)10)6(11)4(2-13)12-5/h1,7,13H,2H2. The zero-order valence-corrected chi connectivity index (χ0v) is 10.0. The lowest BCUT2D eigenvalue weighted by atomic mass is 10.2. The highest BCUT2D eigenvalue weighted by molar-refractivity contribution is 14.1. The highest BCUT2D eigenvalue weighted by Crippen LogP contribution is 2.28. The Bertz CT molecular complexity index is 322. The van der Waals surface area contributed by atoms with E-state index in [2.05, 4.69) is 20.9 Å². The molecule has 1 heterocycles. The summed E-state index contributed by atoms with van der Waals surface area (Å²) in [5.41, 5.74) is 0.164. The summed E-state index contributed by atoms with van der Waals surface area (Å²) >= 11 is 4.75. The third-order valence-electron chi connectivity index (χ3n) is 1.41. The maximum absolute atomic E-state index is 12.4. The van der Waals surface area contributed by atoms with Crippen molar-refractivity contribution in [3.63, 3.8) is 0 Å². The molecule has 13 heavy (non-hydrogen) atoms. The smallest absolute Gasteiger partial charge is 0.265 e. The van der Waals surface area contributed by atoms with E-state index in [0.29, 0.717) is 8.17 Å². The van der Waals surface area contributed by atoms with Gasteiger partial charge in [0.25, 0.3) is 6.43 Å². The van der Waals surface area contributed by atoms with Gasteiger partial charge in [0.2, 0.25) is 0 Å². The lowest BCUT2D eigenvalue weighted by molar-refractivity contribution is 0.149. The fourth-order valence-corrected chi connectivity index (χ4v) is 1.98. The first kappa shape index (κ1) is 11.3. The van der Waals surface area contributed by atoms with Gasteiger partial charge in [0, 0.05) is 9.13 Å². The number of rotatable bonds is 2. The van der Waals surface area contributed by atoms with Gasteiger partial charge in [-0.1, -0.05) is 0 Å². The van der Waals surface area contributed by atoms with Crippen molar-refractivity contribution >= 4 is 38.5 Å². The number of aliphatic hydroxyl groups is 1. The molecular weight excluding hydrogens is 359 g/mol. The van der Waals surface area contributed by atoms with Crippen LogP contribution < -0.4 is 0 Å². The fraction of sp³-hybridized carbons (Fsp3) is 0.286. The predicted molar refractivity (Wildman–Crippen MR) is 55.5 cm³/mol. The van der Waals surface area contributed by atoms with E-state index in [-0.39, 0.29) is 17.9 Å². The molecule has 1 N–H and O–H groups in total. The number of hydrogen-bond acceptors (Lipinski definition) is 2. The van der Waals surface area contributed by atoms with Gasteiger partial charge in [0.1, 0.15) is 4.60 Å². The second-order valence-electron chi connectivity index (χ2n) is 2.25. The average Bonchev–Trinajstić information content (AvgIpc) is 2.08. The third kappa shape index (κ3) is 2.57. The minimum atomic E-state index is -2.54. The summed E-state index contributed by atoms with van der Waals surface area (Å²) in [5.74, 6) is 0. The van der Waals surface area contributed by atoms with Gasteiger partial charge in [-0.2, -0.15) is 0 Å². The summed E-state index contributed by atoms with van der Waals surface area (Å²) in [6.07, 6.45) is -2.54. The quantitative estimate of drug-likeness (QED) is 0.647. The zero-order valence-electron chi connectivity index (χ0n) is 6.27. The molecule has 0 saturated carbocycles. The molecule has 0 aliphatic heterocycles. The molecule has 0 atom stereocenters. The largest absolute Gasteiger partial charge is 0.390 e. The van der Waals surface area contributed by atoms with Crippen molar-refractivity contribution < 1.29 is 13.9 Å². The summed E-state index contributed by atoms with van der Waals surface area (Å²) in [7, 11) is 0. The molecule has 1 aromatic rings. The minimum absolute atomic E-state index is 0.105. The van der Waals surface area contributed by atoms with Crippen molar-refractivity contribution in [2.45, 2.75) is 13.0 Å². The molecule has 0 fully saturated rings. The number of pyridine rings is 1. The van der Waals surface area contributed by atoms with Crippen molar-refractivity contribution in [3.05, 3.63) is 25.5 Å². The molecule has 1 rings (SSSR count). The van der Waals surface area contributed by atoms with Crippen LogP contribution in [0.4, 0.5) is 8.78 Å². The van der Waals surface area contributed by atoms with Gasteiger partial charge >= 0.3 is 0 Å². The van der Waals surface area contributed by atoms with Crippen molar-refractivity contribution in [1.29, 1.82) is 0 Å². The molecule has 0 aromatic carbocycles. The van der Waals surface area contributed by atoms with Gasteiger partial charge in [0.05, 0.1) is 12.3 Å². The molecule has 0 aliphatic rings. The molecule has 2 nitrogen and oxygen atoms in total. The Hall–Kier alpha value is 0.180. The summed E-state index contributed by atoms with van der Waals surface area (Å²) < 4.78 is 25.4. The van der Waals surface area contributed by atoms with Crippen molar-refractivity contribution in [2.75, 3.05) is 0 Å². The molecular formula is C7H5BrF2INO. The Labute approximate surface area is 95.6 Å². The topological polar surface area (TPSA) is 33.1 Å². The molecule has 0 spiro atoms. The number of aliphatic hydroxyl groups excluding tert-OH is 1. The first-order chi connectivity index (χ1) is 6.06. The van der Waals surface area contributed by atoms with Gasteiger partial charge in [-0.05, 0) is 44.6 Å². The number of alkyl halides is 2. The maximum Gasteiger partial charge on any atom is 0.265 e. The van der Waals surface area contributed by atoms with Crippen LogP contribution in [0.3, 0.4) is 0 Å². The predicted octanol–water partition coefficient (Wildman–Crippen LogP) is 2.88. The number of halogens is 4. The van der Waals surface area contributed by atoms with Crippen LogP contribution in [-0.2, 0) is 6.61 Å². The molecule has 0 amide bonds. The lowest BCUT2D eigenvalue weighted by Gasteiger charge is -2.07. The monoisotopic (exact) mass is 363 g/mol. The lowest BCUT2D eigenvalue weighted by Crippen LogP contribution is -2.00.